The number of halogens is 1. The van der Waals surface area contributed by atoms with E-state index in [-0.39, 0.29) is 11.9 Å². The van der Waals surface area contributed by atoms with Gasteiger partial charge in [-0.25, -0.2) is 4.98 Å². The van der Waals surface area contributed by atoms with Gasteiger partial charge in [0.15, 0.2) is 0 Å². The average Bonchev–Trinajstić information content (AvgIpc) is 3.22. The first-order valence-corrected chi connectivity index (χ1v) is 8.42. The second-order valence-corrected chi connectivity index (χ2v) is 6.40. The summed E-state index contributed by atoms with van der Waals surface area (Å²) >= 11 is 6.31. The fraction of sp³-hybridized carbons (Fsp3) is 0.471. The maximum atomic E-state index is 12.7. The van der Waals surface area contributed by atoms with Crippen LogP contribution in [0.15, 0.2) is 36.9 Å². The fourth-order valence-electron chi connectivity index (χ4n) is 2.92. The third-order valence-electron chi connectivity index (χ3n) is 4.25. The second kappa shape index (κ2) is 7.13. The number of carbonyl (C=O) groups is 1. The second-order valence-electron chi connectivity index (χ2n) is 5.99. The molecule has 5 nitrogen and oxygen atoms in total. The molecule has 2 aromatic rings. The molecule has 0 N–H and O–H groups in total. The first-order valence-electron chi connectivity index (χ1n) is 8.05. The Morgan fingerprint density at radius 3 is 2.87 bits per heavy atom. The van der Waals surface area contributed by atoms with E-state index in [1.54, 1.807) is 11.0 Å². The smallest absolute Gasteiger partial charge is 0.223 e. The van der Waals surface area contributed by atoms with E-state index in [4.69, 9.17) is 11.6 Å². The van der Waals surface area contributed by atoms with Crippen LogP contribution < -0.4 is 0 Å². The molecule has 1 fully saturated rings. The van der Waals surface area contributed by atoms with Crippen molar-refractivity contribution < 1.29 is 4.79 Å². The highest BCUT2D eigenvalue weighted by Gasteiger charge is 2.36. The summed E-state index contributed by atoms with van der Waals surface area (Å²) in [6.07, 6.45) is 6.65. The van der Waals surface area contributed by atoms with Crippen LogP contribution in [0, 0.1) is 0 Å². The Bertz CT molecular complexity index is 654. The Hall–Kier alpha value is -1.88. The van der Waals surface area contributed by atoms with E-state index in [9.17, 15) is 4.79 Å². The summed E-state index contributed by atoms with van der Waals surface area (Å²) in [6, 6.07) is 8.15. The van der Waals surface area contributed by atoms with Crippen LogP contribution >= 0.6 is 11.6 Å². The average molecular weight is 333 g/mol. The van der Waals surface area contributed by atoms with Gasteiger partial charge in [-0.15, -0.1) is 0 Å². The molecular formula is C17H21ClN4O. The maximum Gasteiger partial charge on any atom is 0.223 e. The zero-order valence-corrected chi connectivity index (χ0v) is 14.0. The lowest BCUT2D eigenvalue weighted by atomic mass is 10.1. The maximum absolute atomic E-state index is 12.7. The number of hydrogen-bond acceptors (Lipinski definition) is 3. The van der Waals surface area contributed by atoms with Gasteiger partial charge in [-0.3, -0.25) is 9.48 Å². The van der Waals surface area contributed by atoms with Crippen LogP contribution in [0.5, 0.6) is 0 Å². The highest BCUT2D eigenvalue weighted by Crippen LogP contribution is 2.37. The minimum atomic E-state index is 0.00932. The summed E-state index contributed by atoms with van der Waals surface area (Å²) < 4.78 is 1.76. The number of benzene rings is 1. The molecule has 1 saturated carbocycles. The molecule has 0 aliphatic heterocycles. The van der Waals surface area contributed by atoms with Crippen LogP contribution in [0.1, 0.15) is 44.2 Å². The minimum absolute atomic E-state index is 0.00932. The highest BCUT2D eigenvalue weighted by atomic mass is 35.5. The van der Waals surface area contributed by atoms with Crippen molar-refractivity contribution in [1.82, 2.24) is 19.7 Å². The molecule has 1 amide bonds. The molecule has 1 aromatic carbocycles. The summed E-state index contributed by atoms with van der Waals surface area (Å²) in [5.41, 5.74) is 1.02. The summed E-state index contributed by atoms with van der Waals surface area (Å²) in [5, 5.41) is 4.79. The molecule has 1 unspecified atom stereocenters. The lowest BCUT2D eigenvalue weighted by molar-refractivity contribution is -0.134. The van der Waals surface area contributed by atoms with Crippen LogP contribution in [-0.2, 0) is 11.3 Å². The van der Waals surface area contributed by atoms with Gasteiger partial charge in [-0.2, -0.15) is 5.10 Å². The molecule has 23 heavy (non-hydrogen) atoms. The van der Waals surface area contributed by atoms with Crippen LogP contribution in [0.3, 0.4) is 0 Å². The normalized spacial score (nSPS) is 15.4. The topological polar surface area (TPSA) is 51.0 Å². The predicted octanol–water partition coefficient (Wildman–Crippen LogP) is 3.46. The first kappa shape index (κ1) is 16.0. The van der Waals surface area contributed by atoms with E-state index in [2.05, 4.69) is 17.0 Å². The molecule has 0 saturated heterocycles. The number of aryl methyl sites for hydroxylation is 1. The zero-order chi connectivity index (χ0) is 16.2. The van der Waals surface area contributed by atoms with Crippen molar-refractivity contribution in [3.05, 3.63) is 47.5 Å². The standard InChI is InChI=1S/C17H21ClN4O/c1-13(15-5-2-3-6-16(15)18)22(14-8-9-14)17(23)7-4-10-21-12-19-11-20-21/h2-3,5-6,11-14H,4,7-10H2,1H3. The van der Waals surface area contributed by atoms with Crippen molar-refractivity contribution in [2.24, 2.45) is 0 Å². The summed E-state index contributed by atoms with van der Waals surface area (Å²) in [7, 11) is 0. The van der Waals surface area contributed by atoms with Gasteiger partial charge in [0.2, 0.25) is 5.91 Å². The van der Waals surface area contributed by atoms with Crippen molar-refractivity contribution in [1.29, 1.82) is 0 Å². The molecule has 1 aromatic heterocycles. The Morgan fingerprint density at radius 2 is 2.22 bits per heavy atom. The number of nitrogens with zero attached hydrogens (tertiary/aromatic N) is 4. The lowest BCUT2D eigenvalue weighted by Gasteiger charge is -2.30. The molecule has 1 heterocycles. The van der Waals surface area contributed by atoms with E-state index < -0.39 is 0 Å². The van der Waals surface area contributed by atoms with Gasteiger partial charge >= 0.3 is 0 Å². The number of aromatic nitrogens is 3. The fourth-order valence-corrected chi connectivity index (χ4v) is 3.22. The van der Waals surface area contributed by atoms with Crippen LogP contribution in [0.4, 0.5) is 0 Å². The molecule has 0 spiro atoms. The molecule has 3 rings (SSSR count). The van der Waals surface area contributed by atoms with Gasteiger partial charge in [0.25, 0.3) is 0 Å². The molecule has 1 aliphatic rings. The quantitative estimate of drug-likeness (QED) is 0.780. The number of amides is 1. The Balaban J connectivity index is 1.64. The van der Waals surface area contributed by atoms with Crippen molar-refractivity contribution in [2.45, 2.75) is 51.2 Å². The number of rotatable bonds is 7. The van der Waals surface area contributed by atoms with Gasteiger partial charge in [0.05, 0.1) is 6.04 Å². The zero-order valence-electron chi connectivity index (χ0n) is 13.2. The summed E-state index contributed by atoms with van der Waals surface area (Å²) in [6.45, 7) is 2.78. The molecule has 0 radical (unpaired) electrons. The van der Waals surface area contributed by atoms with Gasteiger partial charge in [-0.1, -0.05) is 29.8 Å². The monoisotopic (exact) mass is 332 g/mol. The Morgan fingerprint density at radius 1 is 1.43 bits per heavy atom. The third kappa shape index (κ3) is 3.91. The number of hydrogen-bond donors (Lipinski definition) is 0. The van der Waals surface area contributed by atoms with E-state index in [1.165, 1.54) is 6.33 Å². The molecular weight excluding hydrogens is 312 g/mol. The van der Waals surface area contributed by atoms with Crippen LogP contribution in [-0.4, -0.2) is 31.6 Å². The van der Waals surface area contributed by atoms with Crippen molar-refractivity contribution in [3.8, 4) is 0 Å². The molecule has 1 aliphatic carbocycles. The Labute approximate surface area is 141 Å². The first-order chi connectivity index (χ1) is 11.2. The van der Waals surface area contributed by atoms with Gasteiger partial charge in [0, 0.05) is 24.0 Å². The lowest BCUT2D eigenvalue weighted by Crippen LogP contribution is -2.35. The molecule has 122 valence electrons. The van der Waals surface area contributed by atoms with E-state index in [1.807, 2.05) is 29.2 Å². The molecule has 1 atom stereocenters. The predicted molar refractivity (Wildman–Crippen MR) is 89.0 cm³/mol. The van der Waals surface area contributed by atoms with Crippen LogP contribution in [0.2, 0.25) is 5.02 Å². The SMILES string of the molecule is CC(c1ccccc1Cl)N(C(=O)CCCn1cncn1)C1CC1. The van der Waals surface area contributed by atoms with Crippen LogP contribution in [0.25, 0.3) is 0 Å². The minimum Gasteiger partial charge on any atom is -0.333 e. The highest BCUT2D eigenvalue weighted by molar-refractivity contribution is 6.31. The molecule has 6 heteroatoms. The van der Waals surface area contributed by atoms with E-state index >= 15 is 0 Å². The van der Waals surface area contributed by atoms with Gasteiger partial charge < -0.3 is 4.90 Å². The van der Waals surface area contributed by atoms with Crippen molar-refractivity contribution in [2.75, 3.05) is 0 Å². The van der Waals surface area contributed by atoms with E-state index in [0.29, 0.717) is 19.0 Å². The summed E-state index contributed by atoms with van der Waals surface area (Å²) in [5.74, 6) is 0.194. The molecule has 0 bridgehead atoms. The largest absolute Gasteiger partial charge is 0.333 e. The van der Waals surface area contributed by atoms with Gasteiger partial charge in [0.1, 0.15) is 12.7 Å². The van der Waals surface area contributed by atoms with Crippen molar-refractivity contribution >= 4 is 17.5 Å². The van der Waals surface area contributed by atoms with Crippen molar-refractivity contribution in [3.63, 3.8) is 0 Å². The third-order valence-corrected chi connectivity index (χ3v) is 4.59. The van der Waals surface area contributed by atoms with Gasteiger partial charge in [-0.05, 0) is 37.8 Å². The summed E-state index contributed by atoms with van der Waals surface area (Å²) in [4.78, 5) is 18.6. The Kier molecular flexibility index (Phi) is 4.96. The number of carbonyl (C=O) groups excluding carboxylic acids is 1. The van der Waals surface area contributed by atoms with E-state index in [0.717, 1.165) is 29.8 Å².